The number of aromatic hydroxyl groups is 1. The minimum absolute atomic E-state index is 0.0239. The van der Waals surface area contributed by atoms with Crippen molar-refractivity contribution in [3.63, 3.8) is 0 Å². The van der Waals surface area contributed by atoms with Crippen molar-refractivity contribution < 1.29 is 5.11 Å². The Hall–Kier alpha value is -2.10. The third kappa shape index (κ3) is 2.46. The van der Waals surface area contributed by atoms with E-state index in [1.165, 1.54) is 4.68 Å². The second-order valence-corrected chi connectivity index (χ2v) is 4.86. The number of aryl methyl sites for hydroxylation is 3. The Morgan fingerprint density at radius 1 is 1.25 bits per heavy atom. The topological polar surface area (TPSA) is 55.1 Å². The first kappa shape index (κ1) is 14.3. The SMILES string of the molecule is CCCc1nn(CC)c(=O)c(-c2ccccc2C)c1O. The van der Waals surface area contributed by atoms with Crippen molar-refractivity contribution in [1.82, 2.24) is 9.78 Å². The highest BCUT2D eigenvalue weighted by atomic mass is 16.3. The zero-order valence-corrected chi connectivity index (χ0v) is 12.2. The molecule has 4 nitrogen and oxygen atoms in total. The molecule has 2 rings (SSSR count). The van der Waals surface area contributed by atoms with E-state index < -0.39 is 0 Å². The molecule has 0 saturated carbocycles. The van der Waals surface area contributed by atoms with Crippen LogP contribution < -0.4 is 5.56 Å². The predicted molar refractivity (Wildman–Crippen MR) is 80.0 cm³/mol. The molecule has 20 heavy (non-hydrogen) atoms. The van der Waals surface area contributed by atoms with Crippen LogP contribution in [0.2, 0.25) is 0 Å². The van der Waals surface area contributed by atoms with Crippen molar-refractivity contribution in [3.8, 4) is 16.9 Å². The molecule has 2 aromatic rings. The molecular formula is C16H20N2O2. The Labute approximate surface area is 118 Å². The highest BCUT2D eigenvalue weighted by Crippen LogP contribution is 2.30. The number of nitrogens with zero attached hydrogens (tertiary/aromatic N) is 2. The number of aromatic nitrogens is 2. The van der Waals surface area contributed by atoms with Crippen LogP contribution in [0.5, 0.6) is 5.75 Å². The van der Waals surface area contributed by atoms with Crippen LogP contribution in [0.1, 0.15) is 31.5 Å². The van der Waals surface area contributed by atoms with Gasteiger partial charge in [-0.2, -0.15) is 5.10 Å². The summed E-state index contributed by atoms with van der Waals surface area (Å²) in [5.74, 6) is 0.0239. The van der Waals surface area contributed by atoms with Crippen LogP contribution in [0.25, 0.3) is 11.1 Å². The molecule has 0 aliphatic carbocycles. The Morgan fingerprint density at radius 2 is 1.95 bits per heavy atom. The molecule has 0 fully saturated rings. The number of hydrogen-bond acceptors (Lipinski definition) is 3. The van der Waals surface area contributed by atoms with E-state index in [9.17, 15) is 9.90 Å². The van der Waals surface area contributed by atoms with Gasteiger partial charge < -0.3 is 5.11 Å². The van der Waals surface area contributed by atoms with Crippen molar-refractivity contribution in [2.75, 3.05) is 0 Å². The maximum atomic E-state index is 12.5. The molecule has 0 saturated heterocycles. The molecule has 106 valence electrons. The minimum atomic E-state index is -0.237. The minimum Gasteiger partial charge on any atom is -0.505 e. The molecule has 0 unspecified atom stereocenters. The van der Waals surface area contributed by atoms with Gasteiger partial charge in [-0.1, -0.05) is 37.6 Å². The van der Waals surface area contributed by atoms with Crippen LogP contribution in [0.3, 0.4) is 0 Å². The molecule has 1 aromatic carbocycles. The smallest absolute Gasteiger partial charge is 0.278 e. The van der Waals surface area contributed by atoms with Gasteiger partial charge in [0.2, 0.25) is 0 Å². The third-order valence-corrected chi connectivity index (χ3v) is 3.40. The Kier molecular flexibility index (Phi) is 4.23. The average Bonchev–Trinajstić information content (AvgIpc) is 2.44. The molecule has 0 aliphatic heterocycles. The molecule has 0 amide bonds. The van der Waals surface area contributed by atoms with Gasteiger partial charge in [-0.05, 0) is 31.4 Å². The van der Waals surface area contributed by atoms with Gasteiger partial charge in [-0.3, -0.25) is 4.79 Å². The van der Waals surface area contributed by atoms with Gasteiger partial charge in [0.1, 0.15) is 5.69 Å². The van der Waals surface area contributed by atoms with Gasteiger partial charge in [-0.25, -0.2) is 4.68 Å². The maximum absolute atomic E-state index is 12.5. The molecular weight excluding hydrogens is 252 g/mol. The van der Waals surface area contributed by atoms with Crippen molar-refractivity contribution in [1.29, 1.82) is 0 Å². The van der Waals surface area contributed by atoms with E-state index in [2.05, 4.69) is 5.10 Å². The lowest BCUT2D eigenvalue weighted by molar-refractivity contribution is 0.451. The van der Waals surface area contributed by atoms with Gasteiger partial charge in [0.05, 0.1) is 5.56 Å². The first-order chi connectivity index (χ1) is 9.60. The van der Waals surface area contributed by atoms with E-state index in [1.54, 1.807) is 0 Å². The maximum Gasteiger partial charge on any atom is 0.278 e. The Bertz CT molecular complexity index is 675. The Balaban J connectivity index is 2.77. The van der Waals surface area contributed by atoms with Gasteiger partial charge in [-0.15, -0.1) is 0 Å². The summed E-state index contributed by atoms with van der Waals surface area (Å²) in [5, 5.41) is 14.7. The zero-order chi connectivity index (χ0) is 14.7. The molecule has 0 atom stereocenters. The van der Waals surface area contributed by atoms with Gasteiger partial charge in [0, 0.05) is 6.54 Å². The van der Waals surface area contributed by atoms with Crippen molar-refractivity contribution in [2.24, 2.45) is 0 Å². The van der Waals surface area contributed by atoms with Crippen LogP contribution in [-0.4, -0.2) is 14.9 Å². The predicted octanol–water partition coefficient (Wildman–Crippen LogP) is 2.90. The molecule has 0 spiro atoms. The summed E-state index contributed by atoms with van der Waals surface area (Å²) >= 11 is 0. The normalized spacial score (nSPS) is 10.8. The fraction of sp³-hybridized carbons (Fsp3) is 0.375. The van der Waals surface area contributed by atoms with Crippen LogP contribution in [0.4, 0.5) is 0 Å². The highest BCUT2D eigenvalue weighted by molar-refractivity contribution is 5.72. The summed E-state index contributed by atoms with van der Waals surface area (Å²) in [7, 11) is 0. The molecule has 1 heterocycles. The van der Waals surface area contributed by atoms with Crippen LogP contribution in [0.15, 0.2) is 29.1 Å². The summed E-state index contributed by atoms with van der Waals surface area (Å²) < 4.78 is 1.42. The first-order valence-corrected chi connectivity index (χ1v) is 6.99. The average molecular weight is 272 g/mol. The molecule has 4 heteroatoms. The molecule has 1 N–H and O–H groups in total. The van der Waals surface area contributed by atoms with Crippen molar-refractivity contribution in [3.05, 3.63) is 45.9 Å². The van der Waals surface area contributed by atoms with Crippen molar-refractivity contribution in [2.45, 2.75) is 40.2 Å². The summed E-state index contributed by atoms with van der Waals surface area (Å²) in [6, 6.07) is 7.59. The molecule has 0 aliphatic rings. The zero-order valence-electron chi connectivity index (χ0n) is 12.2. The lowest BCUT2D eigenvalue weighted by Crippen LogP contribution is -2.25. The van der Waals surface area contributed by atoms with Gasteiger partial charge in [0.25, 0.3) is 5.56 Å². The van der Waals surface area contributed by atoms with Crippen LogP contribution in [0, 0.1) is 6.92 Å². The monoisotopic (exact) mass is 272 g/mol. The largest absolute Gasteiger partial charge is 0.505 e. The number of benzene rings is 1. The van der Waals surface area contributed by atoms with E-state index in [0.717, 1.165) is 17.5 Å². The fourth-order valence-corrected chi connectivity index (χ4v) is 2.33. The summed E-state index contributed by atoms with van der Waals surface area (Å²) in [5.41, 5.74) is 2.46. The van der Waals surface area contributed by atoms with E-state index in [1.807, 2.05) is 45.0 Å². The van der Waals surface area contributed by atoms with E-state index in [0.29, 0.717) is 24.2 Å². The second-order valence-electron chi connectivity index (χ2n) is 4.86. The second kappa shape index (κ2) is 5.90. The van der Waals surface area contributed by atoms with E-state index in [-0.39, 0.29) is 11.3 Å². The third-order valence-electron chi connectivity index (χ3n) is 3.40. The first-order valence-electron chi connectivity index (χ1n) is 6.99. The van der Waals surface area contributed by atoms with Crippen LogP contribution in [-0.2, 0) is 13.0 Å². The number of rotatable bonds is 4. The van der Waals surface area contributed by atoms with Gasteiger partial charge >= 0.3 is 0 Å². The van der Waals surface area contributed by atoms with Crippen molar-refractivity contribution >= 4 is 0 Å². The fourth-order valence-electron chi connectivity index (χ4n) is 2.33. The van der Waals surface area contributed by atoms with E-state index in [4.69, 9.17) is 0 Å². The van der Waals surface area contributed by atoms with Gasteiger partial charge in [0.15, 0.2) is 5.75 Å². The molecule has 0 bridgehead atoms. The van der Waals surface area contributed by atoms with E-state index >= 15 is 0 Å². The van der Waals surface area contributed by atoms with Crippen LogP contribution >= 0.6 is 0 Å². The summed E-state index contributed by atoms with van der Waals surface area (Å²) in [6.45, 7) is 6.33. The quantitative estimate of drug-likeness (QED) is 0.931. The number of hydrogen-bond donors (Lipinski definition) is 1. The summed E-state index contributed by atoms with van der Waals surface area (Å²) in [4.78, 5) is 12.5. The Morgan fingerprint density at radius 3 is 2.55 bits per heavy atom. The molecule has 0 radical (unpaired) electrons. The molecule has 1 aromatic heterocycles. The lowest BCUT2D eigenvalue weighted by atomic mass is 10.00. The standard InChI is InChI=1S/C16H20N2O2/c1-4-8-13-15(19)14(16(20)18(5-2)17-13)12-10-7-6-9-11(12)3/h6-7,9-10,19H,4-5,8H2,1-3H3. The highest BCUT2D eigenvalue weighted by Gasteiger charge is 2.18. The lowest BCUT2D eigenvalue weighted by Gasteiger charge is -2.13. The summed E-state index contributed by atoms with van der Waals surface area (Å²) in [6.07, 6.45) is 1.53.